The highest BCUT2D eigenvalue weighted by Gasteiger charge is 2.33. The molecule has 2 fully saturated rings. The van der Waals surface area contributed by atoms with Crippen LogP contribution in [0.1, 0.15) is 51.9 Å². The minimum atomic E-state index is -0.374. The third kappa shape index (κ3) is 3.45. The number of hydrogen-bond donors (Lipinski definition) is 1. The fourth-order valence-corrected chi connectivity index (χ4v) is 3.01. The zero-order valence-electron chi connectivity index (χ0n) is 11.3. The van der Waals surface area contributed by atoms with Crippen molar-refractivity contribution in [1.29, 1.82) is 0 Å². The first-order chi connectivity index (χ1) is 8.72. The van der Waals surface area contributed by atoms with Gasteiger partial charge in [-0.3, -0.25) is 0 Å². The Bertz CT molecular complexity index is 282. The van der Waals surface area contributed by atoms with Crippen LogP contribution in [-0.4, -0.2) is 30.8 Å². The molecule has 104 valence electrons. The highest BCUT2D eigenvalue weighted by atomic mass is 16.6. The summed E-state index contributed by atoms with van der Waals surface area (Å²) < 4.78 is 11.2. The van der Waals surface area contributed by atoms with Crippen molar-refractivity contribution in [2.24, 2.45) is 11.7 Å². The van der Waals surface area contributed by atoms with Gasteiger partial charge in [0.2, 0.25) is 0 Å². The second-order valence-electron chi connectivity index (χ2n) is 5.56. The van der Waals surface area contributed by atoms with Gasteiger partial charge in [-0.05, 0) is 38.0 Å². The van der Waals surface area contributed by atoms with E-state index in [4.69, 9.17) is 15.2 Å². The molecule has 0 aromatic heterocycles. The Hall–Kier alpha value is -0.610. The zero-order chi connectivity index (χ0) is 13.0. The van der Waals surface area contributed by atoms with Crippen LogP contribution < -0.4 is 5.73 Å². The molecule has 4 atom stereocenters. The van der Waals surface area contributed by atoms with Gasteiger partial charge in [-0.2, -0.15) is 0 Å². The molecule has 1 heterocycles. The number of rotatable bonds is 4. The molecule has 18 heavy (non-hydrogen) atoms. The average molecular weight is 255 g/mol. The number of carbonyl (C=O) groups excluding carboxylic acids is 1. The molecule has 0 bridgehead atoms. The smallest absolute Gasteiger partial charge is 0.335 e. The Morgan fingerprint density at radius 3 is 2.83 bits per heavy atom. The van der Waals surface area contributed by atoms with Gasteiger partial charge in [0.05, 0.1) is 6.10 Å². The summed E-state index contributed by atoms with van der Waals surface area (Å²) in [6, 6.07) is 0. The van der Waals surface area contributed by atoms with Crippen LogP contribution in [0.25, 0.3) is 0 Å². The molecule has 2 rings (SSSR count). The van der Waals surface area contributed by atoms with Crippen LogP contribution in [0, 0.1) is 5.92 Å². The Morgan fingerprint density at radius 1 is 1.33 bits per heavy atom. The van der Waals surface area contributed by atoms with Crippen molar-refractivity contribution in [3.05, 3.63) is 0 Å². The van der Waals surface area contributed by atoms with Gasteiger partial charge < -0.3 is 15.2 Å². The van der Waals surface area contributed by atoms with Crippen LogP contribution in [0.15, 0.2) is 0 Å². The summed E-state index contributed by atoms with van der Waals surface area (Å²) in [5.74, 6) is 0.547. The molecule has 1 saturated carbocycles. The summed E-state index contributed by atoms with van der Waals surface area (Å²) in [7, 11) is 0. The van der Waals surface area contributed by atoms with Gasteiger partial charge in [0, 0.05) is 6.54 Å². The van der Waals surface area contributed by atoms with E-state index in [0.29, 0.717) is 6.54 Å². The van der Waals surface area contributed by atoms with Crippen LogP contribution in [0.2, 0.25) is 0 Å². The lowest BCUT2D eigenvalue weighted by atomic mass is 9.85. The molecule has 1 aliphatic heterocycles. The van der Waals surface area contributed by atoms with Crippen LogP contribution in [0.4, 0.5) is 0 Å². The van der Waals surface area contributed by atoms with Gasteiger partial charge in [-0.1, -0.05) is 19.8 Å². The average Bonchev–Trinajstić information content (AvgIpc) is 2.88. The van der Waals surface area contributed by atoms with E-state index in [0.717, 1.165) is 31.6 Å². The van der Waals surface area contributed by atoms with Crippen molar-refractivity contribution >= 4 is 5.97 Å². The first kappa shape index (κ1) is 13.8. The van der Waals surface area contributed by atoms with Crippen molar-refractivity contribution in [2.45, 2.75) is 70.2 Å². The highest BCUT2D eigenvalue weighted by molar-refractivity contribution is 5.75. The van der Waals surface area contributed by atoms with E-state index >= 15 is 0 Å². The monoisotopic (exact) mass is 255 g/mol. The largest absolute Gasteiger partial charge is 0.460 e. The summed E-state index contributed by atoms with van der Waals surface area (Å²) in [6.45, 7) is 2.70. The predicted octanol–water partition coefficient (Wildman–Crippen LogP) is 2.00. The van der Waals surface area contributed by atoms with Gasteiger partial charge >= 0.3 is 5.97 Å². The molecule has 4 nitrogen and oxygen atoms in total. The molecule has 0 amide bonds. The maximum absolute atomic E-state index is 12.0. The van der Waals surface area contributed by atoms with Gasteiger partial charge in [0.1, 0.15) is 6.10 Å². The molecule has 0 radical (unpaired) electrons. The molecule has 1 aliphatic carbocycles. The van der Waals surface area contributed by atoms with Crippen LogP contribution >= 0.6 is 0 Å². The number of ether oxygens (including phenoxy) is 2. The Morgan fingerprint density at radius 2 is 2.17 bits per heavy atom. The second-order valence-corrected chi connectivity index (χ2v) is 5.56. The third-order valence-corrected chi connectivity index (χ3v) is 4.23. The predicted molar refractivity (Wildman–Crippen MR) is 69.1 cm³/mol. The van der Waals surface area contributed by atoms with Crippen LogP contribution in [-0.2, 0) is 14.3 Å². The zero-order valence-corrected chi connectivity index (χ0v) is 11.3. The van der Waals surface area contributed by atoms with Crippen LogP contribution in [0.5, 0.6) is 0 Å². The van der Waals surface area contributed by atoms with E-state index in [1.807, 2.05) is 0 Å². The summed E-state index contributed by atoms with van der Waals surface area (Å²) in [6.07, 6.45) is 7.07. The molecule has 2 N–H and O–H groups in total. The first-order valence-electron chi connectivity index (χ1n) is 7.29. The van der Waals surface area contributed by atoms with Gasteiger partial charge in [0.25, 0.3) is 0 Å². The molecule has 2 aliphatic rings. The van der Waals surface area contributed by atoms with Crippen molar-refractivity contribution in [3.8, 4) is 0 Å². The summed E-state index contributed by atoms with van der Waals surface area (Å²) in [4.78, 5) is 12.0. The highest BCUT2D eigenvalue weighted by Crippen LogP contribution is 2.29. The van der Waals surface area contributed by atoms with E-state index in [-0.39, 0.29) is 24.3 Å². The molecule has 0 aromatic carbocycles. The lowest BCUT2D eigenvalue weighted by Gasteiger charge is -2.28. The van der Waals surface area contributed by atoms with E-state index in [2.05, 4.69) is 6.92 Å². The molecular weight excluding hydrogens is 230 g/mol. The molecule has 0 spiro atoms. The van der Waals surface area contributed by atoms with Crippen molar-refractivity contribution in [1.82, 2.24) is 0 Å². The van der Waals surface area contributed by atoms with Crippen molar-refractivity contribution in [3.63, 3.8) is 0 Å². The summed E-state index contributed by atoms with van der Waals surface area (Å²) in [5.41, 5.74) is 5.54. The number of esters is 1. The van der Waals surface area contributed by atoms with E-state index in [1.54, 1.807) is 0 Å². The minimum absolute atomic E-state index is 0.0392. The summed E-state index contributed by atoms with van der Waals surface area (Å²) in [5, 5.41) is 0. The topological polar surface area (TPSA) is 61.5 Å². The Balaban J connectivity index is 1.77. The van der Waals surface area contributed by atoms with E-state index < -0.39 is 0 Å². The molecule has 4 heteroatoms. The maximum atomic E-state index is 12.0. The molecular formula is C14H25NO3. The van der Waals surface area contributed by atoms with Crippen LogP contribution in [0.3, 0.4) is 0 Å². The Kier molecular flexibility index (Phi) is 5.01. The summed E-state index contributed by atoms with van der Waals surface area (Å²) >= 11 is 0. The van der Waals surface area contributed by atoms with E-state index in [9.17, 15) is 4.79 Å². The van der Waals surface area contributed by atoms with Crippen molar-refractivity contribution in [2.75, 3.05) is 6.54 Å². The van der Waals surface area contributed by atoms with Gasteiger partial charge in [-0.25, -0.2) is 4.79 Å². The fourth-order valence-electron chi connectivity index (χ4n) is 3.01. The van der Waals surface area contributed by atoms with Gasteiger partial charge in [0.15, 0.2) is 6.10 Å². The standard InChI is InChI=1S/C14H25NO3/c1-2-10-4-3-5-11(8-10)18-14(16)13-7-6-12(9-15)17-13/h10-13H,2-9,15H2,1H3. The minimum Gasteiger partial charge on any atom is -0.460 e. The van der Waals surface area contributed by atoms with Crippen molar-refractivity contribution < 1.29 is 14.3 Å². The van der Waals surface area contributed by atoms with E-state index in [1.165, 1.54) is 19.3 Å². The maximum Gasteiger partial charge on any atom is 0.335 e. The quantitative estimate of drug-likeness (QED) is 0.781. The number of hydrogen-bond acceptors (Lipinski definition) is 4. The SMILES string of the molecule is CCC1CCCC(OC(=O)C2CCC(CN)O2)C1. The lowest BCUT2D eigenvalue weighted by Crippen LogP contribution is -2.32. The fraction of sp³-hybridized carbons (Fsp3) is 0.929. The third-order valence-electron chi connectivity index (χ3n) is 4.23. The lowest BCUT2D eigenvalue weighted by molar-refractivity contribution is -0.163. The second kappa shape index (κ2) is 6.53. The Labute approximate surface area is 109 Å². The normalized spacial score (nSPS) is 36.6. The molecule has 4 unspecified atom stereocenters. The molecule has 0 aromatic rings. The first-order valence-corrected chi connectivity index (χ1v) is 7.29. The van der Waals surface area contributed by atoms with Gasteiger partial charge in [-0.15, -0.1) is 0 Å². The molecule has 1 saturated heterocycles. The number of carbonyl (C=O) groups is 1. The number of nitrogens with two attached hydrogens (primary N) is 1.